The Hall–Kier alpha value is -2.24. The number of carbonyl (C=O) groups is 2. The first-order valence-corrected chi connectivity index (χ1v) is 6.58. The lowest BCUT2D eigenvalue weighted by molar-refractivity contribution is 0.0967. The lowest BCUT2D eigenvalue weighted by Gasteiger charge is -2.09. The molecule has 0 aromatic heterocycles. The minimum atomic E-state index is -0.735. The molecule has 0 bridgehead atoms. The van der Waals surface area contributed by atoms with Gasteiger partial charge in [-0.05, 0) is 36.4 Å². The third-order valence-corrected chi connectivity index (χ3v) is 3.17. The van der Waals surface area contributed by atoms with Crippen LogP contribution in [0.25, 0.3) is 0 Å². The van der Waals surface area contributed by atoms with Crippen molar-refractivity contribution in [1.82, 2.24) is 5.32 Å². The number of imide groups is 1. The highest BCUT2D eigenvalue weighted by molar-refractivity contribution is 6.40. The summed E-state index contributed by atoms with van der Waals surface area (Å²) in [5.41, 5.74) is 0.449. The first-order valence-electron chi connectivity index (χ1n) is 5.83. The number of hydrogen-bond acceptors (Lipinski definition) is 3. The predicted molar refractivity (Wildman–Crippen MR) is 81.1 cm³/mol. The van der Waals surface area contributed by atoms with Gasteiger partial charge in [0.1, 0.15) is 5.75 Å². The lowest BCUT2D eigenvalue weighted by Crippen LogP contribution is -2.34. The fraction of sp³-hybridized carbons (Fsp3) is 0. The molecule has 0 radical (unpaired) electrons. The zero-order chi connectivity index (χ0) is 15.4. The molecule has 0 spiro atoms. The molecular weight excluding hydrogens is 315 g/mol. The van der Waals surface area contributed by atoms with Crippen LogP contribution >= 0.6 is 23.2 Å². The Morgan fingerprint density at radius 1 is 0.952 bits per heavy atom. The number of hydrogen-bond donors (Lipinski definition) is 3. The summed E-state index contributed by atoms with van der Waals surface area (Å²) in [6.07, 6.45) is 0. The van der Waals surface area contributed by atoms with Crippen LogP contribution in [0.15, 0.2) is 42.5 Å². The number of rotatable bonds is 2. The van der Waals surface area contributed by atoms with Gasteiger partial charge in [0.05, 0.1) is 15.6 Å². The molecule has 108 valence electrons. The fourth-order valence-corrected chi connectivity index (χ4v) is 2.16. The van der Waals surface area contributed by atoms with Gasteiger partial charge in [0.15, 0.2) is 0 Å². The molecule has 3 amide bonds. The first kappa shape index (κ1) is 15.2. The second kappa shape index (κ2) is 6.47. The Morgan fingerprint density at radius 2 is 1.52 bits per heavy atom. The van der Waals surface area contributed by atoms with Gasteiger partial charge in [0.25, 0.3) is 5.91 Å². The number of carbonyl (C=O) groups excluding carboxylic acids is 2. The number of urea groups is 1. The standard InChI is InChI=1S/C14H10Cl2N2O3/c15-10-2-1-3-11(16)12(10)13(20)18-14(21)17-8-4-6-9(19)7-5-8/h1-7,19H,(H2,17,18,20,21). The molecule has 21 heavy (non-hydrogen) atoms. The third-order valence-electron chi connectivity index (χ3n) is 2.54. The Kier molecular flexibility index (Phi) is 4.67. The molecule has 7 heteroatoms. The van der Waals surface area contributed by atoms with E-state index in [1.807, 2.05) is 0 Å². The van der Waals surface area contributed by atoms with Gasteiger partial charge in [-0.1, -0.05) is 29.3 Å². The van der Waals surface area contributed by atoms with Crippen molar-refractivity contribution in [2.24, 2.45) is 0 Å². The quantitative estimate of drug-likeness (QED) is 0.737. The largest absolute Gasteiger partial charge is 0.508 e. The second-order valence-electron chi connectivity index (χ2n) is 4.05. The number of phenolic OH excluding ortho intramolecular Hbond substituents is 1. The van der Waals surface area contributed by atoms with Gasteiger partial charge >= 0.3 is 6.03 Å². The monoisotopic (exact) mass is 324 g/mol. The highest BCUT2D eigenvalue weighted by Gasteiger charge is 2.16. The van der Waals surface area contributed by atoms with Crippen molar-refractivity contribution in [2.45, 2.75) is 0 Å². The predicted octanol–water partition coefficient (Wildman–Crippen LogP) is 3.66. The van der Waals surface area contributed by atoms with Gasteiger partial charge in [-0.2, -0.15) is 0 Å². The van der Waals surface area contributed by atoms with E-state index in [0.29, 0.717) is 5.69 Å². The third kappa shape index (κ3) is 3.87. The summed E-state index contributed by atoms with van der Waals surface area (Å²) in [6.45, 7) is 0. The maximum atomic E-state index is 12.0. The maximum absolute atomic E-state index is 12.0. The van der Waals surface area contributed by atoms with Gasteiger partial charge in [-0.25, -0.2) is 4.79 Å². The number of halogens is 2. The number of aromatic hydroxyl groups is 1. The molecule has 0 unspecified atom stereocenters. The zero-order valence-corrected chi connectivity index (χ0v) is 12.1. The van der Waals surface area contributed by atoms with E-state index in [2.05, 4.69) is 10.6 Å². The summed E-state index contributed by atoms with van der Waals surface area (Å²) in [6, 6.07) is 9.65. The fourth-order valence-electron chi connectivity index (χ4n) is 1.59. The molecule has 0 atom stereocenters. The molecule has 5 nitrogen and oxygen atoms in total. The summed E-state index contributed by atoms with van der Waals surface area (Å²) in [7, 11) is 0. The van der Waals surface area contributed by atoms with Crippen LogP contribution in [0.1, 0.15) is 10.4 Å². The van der Waals surface area contributed by atoms with Crippen molar-refractivity contribution in [1.29, 1.82) is 0 Å². The Balaban J connectivity index is 2.06. The van der Waals surface area contributed by atoms with E-state index in [1.165, 1.54) is 36.4 Å². The molecule has 0 fully saturated rings. The molecule has 3 N–H and O–H groups in total. The number of benzene rings is 2. The minimum Gasteiger partial charge on any atom is -0.508 e. The molecule has 2 aromatic carbocycles. The Labute approximate surface area is 130 Å². The molecule has 2 aromatic rings. The van der Waals surface area contributed by atoms with E-state index >= 15 is 0 Å². The highest BCUT2D eigenvalue weighted by atomic mass is 35.5. The van der Waals surface area contributed by atoms with Crippen molar-refractivity contribution in [3.8, 4) is 5.75 Å². The Morgan fingerprint density at radius 3 is 2.10 bits per heavy atom. The second-order valence-corrected chi connectivity index (χ2v) is 4.87. The van der Waals surface area contributed by atoms with Gasteiger partial charge in [0, 0.05) is 5.69 Å². The lowest BCUT2D eigenvalue weighted by atomic mass is 10.2. The van der Waals surface area contributed by atoms with Crippen molar-refractivity contribution >= 4 is 40.8 Å². The maximum Gasteiger partial charge on any atom is 0.326 e. The van der Waals surface area contributed by atoms with Crippen LogP contribution in [-0.4, -0.2) is 17.0 Å². The average Bonchev–Trinajstić information content (AvgIpc) is 2.41. The summed E-state index contributed by atoms with van der Waals surface area (Å²) in [5.74, 6) is -0.637. The van der Waals surface area contributed by atoms with E-state index in [4.69, 9.17) is 28.3 Å². The van der Waals surface area contributed by atoms with E-state index in [0.717, 1.165) is 0 Å². The van der Waals surface area contributed by atoms with Gasteiger partial charge in [-0.15, -0.1) is 0 Å². The Bertz CT molecular complexity index is 667. The topological polar surface area (TPSA) is 78.4 Å². The van der Waals surface area contributed by atoms with E-state index in [-0.39, 0.29) is 21.4 Å². The van der Waals surface area contributed by atoms with E-state index in [1.54, 1.807) is 6.07 Å². The normalized spacial score (nSPS) is 10.0. The molecule has 0 saturated carbocycles. The number of phenols is 1. The SMILES string of the molecule is O=C(NC(=O)c1c(Cl)cccc1Cl)Nc1ccc(O)cc1. The van der Waals surface area contributed by atoms with Crippen molar-refractivity contribution in [3.63, 3.8) is 0 Å². The number of anilines is 1. The number of amides is 3. The van der Waals surface area contributed by atoms with E-state index in [9.17, 15) is 9.59 Å². The van der Waals surface area contributed by atoms with Gasteiger partial charge < -0.3 is 10.4 Å². The molecule has 2 rings (SSSR count). The zero-order valence-electron chi connectivity index (χ0n) is 10.6. The highest BCUT2D eigenvalue weighted by Crippen LogP contribution is 2.24. The summed E-state index contributed by atoms with van der Waals surface area (Å²) in [4.78, 5) is 23.7. The average molecular weight is 325 g/mol. The molecule has 0 aliphatic carbocycles. The van der Waals surface area contributed by atoms with E-state index < -0.39 is 11.9 Å². The molecule has 0 saturated heterocycles. The smallest absolute Gasteiger partial charge is 0.326 e. The van der Waals surface area contributed by atoms with Crippen molar-refractivity contribution in [2.75, 3.05) is 5.32 Å². The summed E-state index contributed by atoms with van der Waals surface area (Å²) in [5, 5.41) is 14.0. The van der Waals surface area contributed by atoms with Crippen LogP contribution in [0, 0.1) is 0 Å². The van der Waals surface area contributed by atoms with Crippen LogP contribution in [0.5, 0.6) is 5.75 Å². The van der Waals surface area contributed by atoms with Crippen molar-refractivity contribution in [3.05, 3.63) is 58.1 Å². The first-order chi connectivity index (χ1) is 9.97. The van der Waals surface area contributed by atoms with Crippen LogP contribution in [0.2, 0.25) is 10.0 Å². The molecular formula is C14H10Cl2N2O3. The van der Waals surface area contributed by atoms with Crippen LogP contribution < -0.4 is 10.6 Å². The van der Waals surface area contributed by atoms with Crippen LogP contribution in [0.4, 0.5) is 10.5 Å². The number of nitrogens with one attached hydrogen (secondary N) is 2. The van der Waals surface area contributed by atoms with Crippen molar-refractivity contribution < 1.29 is 14.7 Å². The summed E-state index contributed by atoms with van der Waals surface area (Å²) >= 11 is 11.8. The van der Waals surface area contributed by atoms with Gasteiger partial charge in [0.2, 0.25) is 0 Å². The summed E-state index contributed by atoms with van der Waals surface area (Å²) < 4.78 is 0. The van der Waals surface area contributed by atoms with Crippen LogP contribution in [-0.2, 0) is 0 Å². The molecule has 0 aliphatic rings. The minimum absolute atomic E-state index is 0.0293. The van der Waals surface area contributed by atoms with Crippen LogP contribution in [0.3, 0.4) is 0 Å². The molecule has 0 aliphatic heterocycles. The molecule has 0 heterocycles. The van der Waals surface area contributed by atoms with Gasteiger partial charge in [-0.3, -0.25) is 10.1 Å².